The number of esters is 1. The van der Waals surface area contributed by atoms with Crippen LogP contribution in [0.3, 0.4) is 0 Å². The Hall–Kier alpha value is -2.57. The minimum atomic E-state index is -0.642. The van der Waals surface area contributed by atoms with Gasteiger partial charge in [0.05, 0.1) is 0 Å². The summed E-state index contributed by atoms with van der Waals surface area (Å²) in [5.41, 5.74) is 1.54. The summed E-state index contributed by atoms with van der Waals surface area (Å²) >= 11 is 5.78. The van der Waals surface area contributed by atoms with Gasteiger partial charge in [0.1, 0.15) is 18.2 Å². The highest BCUT2D eigenvalue weighted by molar-refractivity contribution is 6.30. The Morgan fingerprint density at radius 3 is 2.43 bits per heavy atom. The average Bonchev–Trinajstić information content (AvgIpc) is 2.53. The molecule has 0 unspecified atom stereocenters. The van der Waals surface area contributed by atoms with Gasteiger partial charge >= 0.3 is 5.97 Å². The van der Waals surface area contributed by atoms with Crippen molar-refractivity contribution in [3.63, 3.8) is 0 Å². The fourth-order valence-electron chi connectivity index (χ4n) is 1.66. The monoisotopic (exact) mass is 297 g/mol. The molecule has 4 heteroatoms. The number of benzene rings is 2. The van der Waals surface area contributed by atoms with Crippen molar-refractivity contribution in [1.82, 2.24) is 0 Å². The van der Waals surface area contributed by atoms with Crippen LogP contribution in [0.25, 0.3) is 6.08 Å². The van der Waals surface area contributed by atoms with Crippen molar-refractivity contribution in [2.24, 2.45) is 0 Å². The van der Waals surface area contributed by atoms with Crippen molar-refractivity contribution >= 4 is 23.6 Å². The summed E-state index contributed by atoms with van der Waals surface area (Å²) in [7, 11) is 0. The molecule has 2 rings (SSSR count). The van der Waals surface area contributed by atoms with Crippen molar-refractivity contribution in [1.29, 1.82) is 5.26 Å². The van der Waals surface area contributed by atoms with Crippen LogP contribution >= 0.6 is 11.6 Å². The third-order valence-electron chi connectivity index (χ3n) is 2.73. The number of carbonyl (C=O) groups excluding carboxylic acids is 1. The molecule has 0 bridgehead atoms. The third-order valence-corrected chi connectivity index (χ3v) is 2.99. The zero-order valence-electron chi connectivity index (χ0n) is 11.1. The van der Waals surface area contributed by atoms with E-state index in [4.69, 9.17) is 21.6 Å². The van der Waals surface area contributed by atoms with Gasteiger partial charge in [-0.1, -0.05) is 54.1 Å². The molecule has 2 aromatic carbocycles. The second-order valence-electron chi connectivity index (χ2n) is 4.28. The Kier molecular flexibility index (Phi) is 5.14. The fraction of sp³-hybridized carbons (Fsp3) is 0.0588. The maximum absolute atomic E-state index is 11.9. The van der Waals surface area contributed by atoms with E-state index in [0.29, 0.717) is 10.6 Å². The molecule has 0 radical (unpaired) electrons. The molecule has 0 heterocycles. The maximum Gasteiger partial charge on any atom is 0.349 e. The Balaban J connectivity index is 2.05. The lowest BCUT2D eigenvalue weighted by molar-refractivity contribution is -0.139. The van der Waals surface area contributed by atoms with E-state index in [2.05, 4.69) is 0 Å². The highest BCUT2D eigenvalue weighted by atomic mass is 35.5. The van der Waals surface area contributed by atoms with Crippen LogP contribution in [0.15, 0.2) is 60.2 Å². The summed E-state index contributed by atoms with van der Waals surface area (Å²) in [6, 6.07) is 18.0. The molecule has 2 aromatic rings. The van der Waals surface area contributed by atoms with Gasteiger partial charge in [-0.25, -0.2) is 4.79 Å². The van der Waals surface area contributed by atoms with Gasteiger partial charge in [-0.15, -0.1) is 0 Å². The van der Waals surface area contributed by atoms with Gasteiger partial charge in [-0.05, 0) is 29.3 Å². The van der Waals surface area contributed by atoms with E-state index in [1.54, 1.807) is 24.3 Å². The van der Waals surface area contributed by atoms with Crippen LogP contribution < -0.4 is 0 Å². The number of ether oxygens (including phenoxy) is 1. The van der Waals surface area contributed by atoms with Crippen molar-refractivity contribution < 1.29 is 9.53 Å². The van der Waals surface area contributed by atoms with Gasteiger partial charge in [-0.3, -0.25) is 0 Å². The molecular weight excluding hydrogens is 286 g/mol. The van der Waals surface area contributed by atoms with E-state index in [9.17, 15) is 4.79 Å². The molecule has 0 saturated carbocycles. The minimum absolute atomic E-state index is 0.0479. The molecule has 21 heavy (non-hydrogen) atoms. The Labute approximate surface area is 128 Å². The van der Waals surface area contributed by atoms with Gasteiger partial charge in [0.25, 0.3) is 0 Å². The normalized spacial score (nSPS) is 10.8. The molecule has 0 aliphatic rings. The molecule has 0 spiro atoms. The first-order valence-corrected chi connectivity index (χ1v) is 6.65. The number of hydrogen-bond donors (Lipinski definition) is 0. The van der Waals surface area contributed by atoms with Crippen LogP contribution in [-0.2, 0) is 16.1 Å². The minimum Gasteiger partial charge on any atom is -0.457 e. The summed E-state index contributed by atoms with van der Waals surface area (Å²) in [4.78, 5) is 11.9. The second-order valence-corrected chi connectivity index (χ2v) is 4.72. The number of halogens is 1. The summed E-state index contributed by atoms with van der Waals surface area (Å²) in [5, 5.41) is 9.66. The van der Waals surface area contributed by atoms with Crippen molar-refractivity contribution in [2.45, 2.75) is 6.61 Å². The molecule has 0 atom stereocenters. The molecule has 3 nitrogen and oxygen atoms in total. The first-order valence-electron chi connectivity index (χ1n) is 6.27. The molecule has 0 aliphatic heterocycles. The smallest absolute Gasteiger partial charge is 0.349 e. The zero-order valence-corrected chi connectivity index (χ0v) is 11.9. The SMILES string of the molecule is N#C/C(=C\c1ccc(Cl)cc1)C(=O)OCc1ccccc1. The van der Waals surface area contributed by atoms with Crippen LogP contribution in [0.5, 0.6) is 0 Å². The van der Waals surface area contributed by atoms with E-state index in [1.807, 2.05) is 36.4 Å². The molecular formula is C17H12ClNO2. The maximum atomic E-state index is 11.9. The highest BCUT2D eigenvalue weighted by Crippen LogP contribution is 2.13. The lowest BCUT2D eigenvalue weighted by atomic mass is 10.1. The van der Waals surface area contributed by atoms with E-state index in [-0.39, 0.29) is 12.2 Å². The average molecular weight is 298 g/mol. The van der Waals surface area contributed by atoms with Crippen LogP contribution in [0.4, 0.5) is 0 Å². The third kappa shape index (κ3) is 4.48. The van der Waals surface area contributed by atoms with E-state index >= 15 is 0 Å². The van der Waals surface area contributed by atoms with Gasteiger partial charge in [-0.2, -0.15) is 5.26 Å². The molecule has 0 fully saturated rings. The van der Waals surface area contributed by atoms with Crippen LogP contribution in [-0.4, -0.2) is 5.97 Å². The first-order chi connectivity index (χ1) is 10.2. The van der Waals surface area contributed by atoms with Gasteiger partial charge < -0.3 is 4.74 Å². The van der Waals surface area contributed by atoms with E-state index in [0.717, 1.165) is 5.56 Å². The van der Waals surface area contributed by atoms with Crippen LogP contribution in [0, 0.1) is 11.3 Å². The van der Waals surface area contributed by atoms with Gasteiger partial charge in [0, 0.05) is 5.02 Å². The van der Waals surface area contributed by atoms with Crippen LogP contribution in [0.2, 0.25) is 5.02 Å². The quantitative estimate of drug-likeness (QED) is 0.487. The van der Waals surface area contributed by atoms with Gasteiger partial charge in [0.15, 0.2) is 0 Å². The van der Waals surface area contributed by atoms with E-state index < -0.39 is 5.97 Å². The second kappa shape index (κ2) is 7.28. The standard InChI is InChI=1S/C17H12ClNO2/c18-16-8-6-13(7-9-16)10-15(11-19)17(20)21-12-14-4-2-1-3-5-14/h1-10H,12H2/b15-10+. The lowest BCUT2D eigenvalue weighted by Gasteiger charge is -2.04. The molecule has 0 N–H and O–H groups in total. The first kappa shape index (κ1) is 14.8. The largest absolute Gasteiger partial charge is 0.457 e. The topological polar surface area (TPSA) is 50.1 Å². The number of nitrogens with zero attached hydrogens (tertiary/aromatic N) is 1. The summed E-state index contributed by atoms with van der Waals surface area (Å²) < 4.78 is 5.12. The van der Waals surface area contributed by atoms with Crippen molar-refractivity contribution in [3.05, 3.63) is 76.3 Å². The molecule has 0 amide bonds. The molecule has 0 saturated heterocycles. The predicted molar refractivity (Wildman–Crippen MR) is 81.3 cm³/mol. The number of nitriles is 1. The number of carbonyl (C=O) groups is 1. The summed E-state index contributed by atoms with van der Waals surface area (Å²) in [5.74, 6) is -0.642. The van der Waals surface area contributed by atoms with Gasteiger partial charge in [0.2, 0.25) is 0 Å². The molecule has 0 aliphatic carbocycles. The Morgan fingerprint density at radius 1 is 1.14 bits per heavy atom. The summed E-state index contributed by atoms with van der Waals surface area (Å²) in [6.07, 6.45) is 1.48. The van der Waals surface area contributed by atoms with E-state index in [1.165, 1.54) is 6.08 Å². The van der Waals surface area contributed by atoms with Crippen molar-refractivity contribution in [2.75, 3.05) is 0 Å². The highest BCUT2D eigenvalue weighted by Gasteiger charge is 2.10. The lowest BCUT2D eigenvalue weighted by Crippen LogP contribution is -2.06. The molecule has 0 aromatic heterocycles. The molecule has 104 valence electrons. The summed E-state index contributed by atoms with van der Waals surface area (Å²) in [6.45, 7) is 0.138. The van der Waals surface area contributed by atoms with Crippen LogP contribution in [0.1, 0.15) is 11.1 Å². The Morgan fingerprint density at radius 2 is 1.81 bits per heavy atom. The Bertz CT molecular complexity index is 685. The van der Waals surface area contributed by atoms with Crippen molar-refractivity contribution in [3.8, 4) is 6.07 Å². The fourth-order valence-corrected chi connectivity index (χ4v) is 1.79. The predicted octanol–water partition coefficient (Wildman–Crippen LogP) is 3.99. The number of hydrogen-bond acceptors (Lipinski definition) is 3. The zero-order chi connectivity index (χ0) is 15.1. The number of rotatable bonds is 4.